The van der Waals surface area contributed by atoms with E-state index in [1.165, 1.54) is 25.7 Å². The molecule has 1 amide bonds. The molecule has 0 radical (unpaired) electrons. The molecule has 0 aromatic rings. The van der Waals surface area contributed by atoms with Crippen LogP contribution in [0.15, 0.2) is 0 Å². The lowest BCUT2D eigenvalue weighted by atomic mass is 10.0. The highest BCUT2D eigenvalue weighted by atomic mass is 35.5. The van der Waals surface area contributed by atoms with Gasteiger partial charge in [0.15, 0.2) is 0 Å². The van der Waals surface area contributed by atoms with Crippen molar-refractivity contribution >= 4 is 17.5 Å². The normalized spacial score (nSPS) is 18.1. The molecule has 0 bridgehead atoms. The second-order valence-corrected chi connectivity index (χ2v) is 5.52. The predicted molar refractivity (Wildman–Crippen MR) is 64.1 cm³/mol. The topological polar surface area (TPSA) is 29.1 Å². The van der Waals surface area contributed by atoms with Crippen LogP contribution in [0.25, 0.3) is 0 Å². The summed E-state index contributed by atoms with van der Waals surface area (Å²) in [6.45, 7) is 3.90. The van der Waals surface area contributed by atoms with Crippen molar-refractivity contribution in [1.29, 1.82) is 0 Å². The Hall–Kier alpha value is -0.240. The second kappa shape index (κ2) is 5.74. The van der Waals surface area contributed by atoms with Gasteiger partial charge >= 0.3 is 0 Å². The number of alkyl halides is 1. The SMILES string of the molecule is CC(C)(CCl)NC(=O)CCC1CCCC1. The lowest BCUT2D eigenvalue weighted by Crippen LogP contribution is -2.44. The summed E-state index contributed by atoms with van der Waals surface area (Å²) in [7, 11) is 0. The summed E-state index contributed by atoms with van der Waals surface area (Å²) in [6.07, 6.45) is 7.02. The Morgan fingerprint density at radius 2 is 2.00 bits per heavy atom. The molecule has 0 unspecified atom stereocenters. The van der Waals surface area contributed by atoms with Crippen LogP contribution >= 0.6 is 11.6 Å². The zero-order valence-electron chi connectivity index (χ0n) is 9.81. The van der Waals surface area contributed by atoms with Crippen LogP contribution in [-0.2, 0) is 4.79 Å². The first kappa shape index (κ1) is 12.8. The molecule has 88 valence electrons. The molecule has 1 N–H and O–H groups in total. The standard InChI is InChI=1S/C12H22ClNO/c1-12(2,9-13)14-11(15)8-7-10-5-3-4-6-10/h10H,3-9H2,1-2H3,(H,14,15). The number of carbonyl (C=O) groups is 1. The molecule has 0 atom stereocenters. The van der Waals surface area contributed by atoms with Crippen LogP contribution in [0.3, 0.4) is 0 Å². The average Bonchev–Trinajstić information content (AvgIpc) is 2.66. The average molecular weight is 232 g/mol. The fourth-order valence-corrected chi connectivity index (χ4v) is 2.17. The van der Waals surface area contributed by atoms with Crippen molar-refractivity contribution in [3.05, 3.63) is 0 Å². The van der Waals surface area contributed by atoms with Gasteiger partial charge in [0.25, 0.3) is 0 Å². The second-order valence-electron chi connectivity index (χ2n) is 5.25. The van der Waals surface area contributed by atoms with Crippen LogP contribution in [0.4, 0.5) is 0 Å². The first-order valence-electron chi connectivity index (χ1n) is 5.90. The maximum absolute atomic E-state index is 11.6. The van der Waals surface area contributed by atoms with Gasteiger partial charge in [0.05, 0.1) is 0 Å². The van der Waals surface area contributed by atoms with Crippen molar-refractivity contribution in [2.45, 2.75) is 57.9 Å². The maximum Gasteiger partial charge on any atom is 0.220 e. The van der Waals surface area contributed by atoms with E-state index < -0.39 is 0 Å². The third kappa shape index (κ3) is 4.87. The van der Waals surface area contributed by atoms with Gasteiger partial charge in [-0.3, -0.25) is 4.79 Å². The highest BCUT2D eigenvalue weighted by Gasteiger charge is 2.20. The number of nitrogens with one attached hydrogen (secondary N) is 1. The first-order valence-corrected chi connectivity index (χ1v) is 6.44. The Labute approximate surface area is 97.8 Å². The monoisotopic (exact) mass is 231 g/mol. The highest BCUT2D eigenvalue weighted by Crippen LogP contribution is 2.28. The van der Waals surface area contributed by atoms with Crippen molar-refractivity contribution in [3.63, 3.8) is 0 Å². The summed E-state index contributed by atoms with van der Waals surface area (Å²) < 4.78 is 0. The molecular formula is C12H22ClNO. The van der Waals surface area contributed by atoms with Crippen LogP contribution in [-0.4, -0.2) is 17.3 Å². The molecule has 0 aromatic heterocycles. The highest BCUT2D eigenvalue weighted by molar-refractivity contribution is 6.18. The zero-order valence-corrected chi connectivity index (χ0v) is 10.6. The van der Waals surface area contributed by atoms with Gasteiger partial charge in [-0.1, -0.05) is 25.7 Å². The number of carbonyl (C=O) groups excluding carboxylic acids is 1. The molecule has 1 saturated carbocycles. The summed E-state index contributed by atoms with van der Waals surface area (Å²) in [4.78, 5) is 11.6. The Balaban J connectivity index is 2.18. The van der Waals surface area contributed by atoms with Crippen molar-refractivity contribution in [3.8, 4) is 0 Å². The number of halogens is 1. The maximum atomic E-state index is 11.6. The van der Waals surface area contributed by atoms with Gasteiger partial charge in [-0.15, -0.1) is 11.6 Å². The van der Waals surface area contributed by atoms with Crippen LogP contribution < -0.4 is 5.32 Å². The van der Waals surface area contributed by atoms with E-state index >= 15 is 0 Å². The van der Waals surface area contributed by atoms with E-state index in [9.17, 15) is 4.79 Å². The fraction of sp³-hybridized carbons (Fsp3) is 0.917. The summed E-state index contributed by atoms with van der Waals surface area (Å²) in [6, 6.07) is 0. The molecule has 0 spiro atoms. The Kier molecular flexibility index (Phi) is 4.91. The lowest BCUT2D eigenvalue weighted by Gasteiger charge is -2.23. The van der Waals surface area contributed by atoms with Crippen molar-refractivity contribution in [2.24, 2.45) is 5.92 Å². The van der Waals surface area contributed by atoms with Crippen LogP contribution in [0.5, 0.6) is 0 Å². The third-order valence-electron chi connectivity index (χ3n) is 3.07. The molecule has 1 fully saturated rings. The minimum Gasteiger partial charge on any atom is -0.350 e. The van der Waals surface area contributed by atoms with Gasteiger partial charge in [-0.25, -0.2) is 0 Å². The van der Waals surface area contributed by atoms with E-state index in [1.54, 1.807) is 0 Å². The minimum absolute atomic E-state index is 0.146. The molecular weight excluding hydrogens is 210 g/mol. The first-order chi connectivity index (χ1) is 7.03. The van der Waals surface area contributed by atoms with Crippen molar-refractivity contribution < 1.29 is 4.79 Å². The van der Waals surface area contributed by atoms with E-state index in [0.29, 0.717) is 12.3 Å². The van der Waals surface area contributed by atoms with Crippen LogP contribution in [0.2, 0.25) is 0 Å². The minimum atomic E-state index is -0.270. The molecule has 0 heterocycles. The number of hydrogen-bond acceptors (Lipinski definition) is 1. The molecule has 15 heavy (non-hydrogen) atoms. The van der Waals surface area contributed by atoms with Gasteiger partial charge in [-0.2, -0.15) is 0 Å². The summed E-state index contributed by atoms with van der Waals surface area (Å²) in [5, 5.41) is 2.96. The van der Waals surface area contributed by atoms with Gasteiger partial charge in [-0.05, 0) is 26.2 Å². The van der Waals surface area contributed by atoms with Crippen LogP contribution in [0, 0.1) is 5.92 Å². The molecule has 0 aliphatic heterocycles. The Morgan fingerprint density at radius 1 is 1.40 bits per heavy atom. The molecule has 1 rings (SSSR count). The van der Waals surface area contributed by atoms with E-state index in [0.717, 1.165) is 12.3 Å². The smallest absolute Gasteiger partial charge is 0.220 e. The number of hydrogen-bond donors (Lipinski definition) is 1. The van der Waals surface area contributed by atoms with E-state index in [1.807, 2.05) is 13.8 Å². The quantitative estimate of drug-likeness (QED) is 0.724. The third-order valence-corrected chi connectivity index (χ3v) is 3.73. The molecule has 3 heteroatoms. The van der Waals surface area contributed by atoms with Gasteiger partial charge in [0.2, 0.25) is 5.91 Å². The lowest BCUT2D eigenvalue weighted by molar-refractivity contribution is -0.122. The van der Waals surface area contributed by atoms with E-state index in [2.05, 4.69) is 5.32 Å². The summed E-state index contributed by atoms with van der Waals surface area (Å²) in [5.41, 5.74) is -0.270. The zero-order chi connectivity index (χ0) is 11.3. The largest absolute Gasteiger partial charge is 0.350 e. The number of amides is 1. The number of rotatable bonds is 5. The van der Waals surface area contributed by atoms with Crippen molar-refractivity contribution in [1.82, 2.24) is 5.32 Å². The fourth-order valence-electron chi connectivity index (χ4n) is 2.11. The summed E-state index contributed by atoms with van der Waals surface area (Å²) >= 11 is 5.75. The molecule has 1 aliphatic rings. The Morgan fingerprint density at radius 3 is 2.53 bits per heavy atom. The molecule has 2 nitrogen and oxygen atoms in total. The van der Waals surface area contributed by atoms with Gasteiger partial charge < -0.3 is 5.32 Å². The Bertz CT molecular complexity index is 210. The molecule has 0 saturated heterocycles. The van der Waals surface area contributed by atoms with Crippen molar-refractivity contribution in [2.75, 3.05) is 5.88 Å². The predicted octanol–water partition coefficient (Wildman–Crippen LogP) is 3.09. The molecule has 0 aromatic carbocycles. The van der Waals surface area contributed by atoms with Gasteiger partial charge in [0, 0.05) is 17.8 Å². The summed E-state index contributed by atoms with van der Waals surface area (Å²) in [5.74, 6) is 1.39. The van der Waals surface area contributed by atoms with Crippen LogP contribution in [0.1, 0.15) is 52.4 Å². The van der Waals surface area contributed by atoms with E-state index in [4.69, 9.17) is 11.6 Å². The van der Waals surface area contributed by atoms with E-state index in [-0.39, 0.29) is 11.4 Å². The molecule has 1 aliphatic carbocycles. The van der Waals surface area contributed by atoms with Gasteiger partial charge in [0.1, 0.15) is 0 Å².